The minimum absolute atomic E-state index is 0.422. The van der Waals surface area contributed by atoms with Crippen LogP contribution in [0.25, 0.3) is 11.2 Å². The summed E-state index contributed by atoms with van der Waals surface area (Å²) in [4.78, 5) is 6.89. The molecule has 1 aliphatic rings. The van der Waals surface area contributed by atoms with Gasteiger partial charge in [-0.3, -0.25) is 9.25 Å². The number of nitrogen functional groups attached to an aromatic ring is 1. The van der Waals surface area contributed by atoms with Crippen LogP contribution in [0.4, 0.5) is 5.95 Å². The van der Waals surface area contributed by atoms with E-state index in [1.165, 1.54) is 0 Å². The highest BCUT2D eigenvalue weighted by molar-refractivity contribution is 5.77. The molecule has 2 N–H and O–H groups in total. The van der Waals surface area contributed by atoms with Gasteiger partial charge in [0.05, 0.1) is 5.69 Å². The molecule has 0 bridgehead atoms. The van der Waals surface area contributed by atoms with Crippen LogP contribution in [-0.2, 0) is 7.05 Å². The Labute approximate surface area is 113 Å². The highest BCUT2D eigenvalue weighted by atomic mass is 15.4. The van der Waals surface area contributed by atoms with Crippen LogP contribution in [0.15, 0.2) is 0 Å². The van der Waals surface area contributed by atoms with Gasteiger partial charge in [0.25, 0.3) is 0 Å². The normalized spacial score (nSPS) is 25.3. The lowest BCUT2D eigenvalue weighted by Gasteiger charge is -2.36. The second kappa shape index (κ2) is 4.23. The zero-order valence-corrected chi connectivity index (χ0v) is 12.1. The fourth-order valence-electron chi connectivity index (χ4n) is 3.17. The third-order valence-corrected chi connectivity index (χ3v) is 4.41. The van der Waals surface area contributed by atoms with E-state index < -0.39 is 0 Å². The predicted octanol–water partition coefficient (Wildman–Crippen LogP) is 1.32. The van der Waals surface area contributed by atoms with Crippen molar-refractivity contribution in [3.63, 3.8) is 0 Å². The maximum absolute atomic E-state index is 6.14. The first-order valence-corrected chi connectivity index (χ1v) is 6.86. The van der Waals surface area contributed by atoms with Gasteiger partial charge in [0.1, 0.15) is 5.52 Å². The standard InChI is InChI=1S/C13H22N6/c1-8-7-10(5-6-17(8)3)19-12-11(15-13(19)14)9(2)16-18(12)4/h8,10H,5-7H2,1-4H3,(H2,14,15). The van der Waals surface area contributed by atoms with Gasteiger partial charge in [-0.15, -0.1) is 0 Å². The first kappa shape index (κ1) is 12.5. The van der Waals surface area contributed by atoms with Crippen LogP contribution in [0.2, 0.25) is 0 Å². The first-order valence-electron chi connectivity index (χ1n) is 6.86. The van der Waals surface area contributed by atoms with Crippen LogP contribution in [0.3, 0.4) is 0 Å². The number of rotatable bonds is 1. The highest BCUT2D eigenvalue weighted by Gasteiger charge is 2.28. The molecule has 0 radical (unpaired) electrons. The Morgan fingerprint density at radius 3 is 2.74 bits per heavy atom. The second-order valence-corrected chi connectivity index (χ2v) is 5.73. The number of hydrogen-bond acceptors (Lipinski definition) is 4. The summed E-state index contributed by atoms with van der Waals surface area (Å²) in [7, 11) is 4.15. The maximum atomic E-state index is 6.14. The molecule has 0 aliphatic carbocycles. The van der Waals surface area contributed by atoms with Crippen LogP contribution >= 0.6 is 0 Å². The van der Waals surface area contributed by atoms with E-state index in [2.05, 4.69) is 33.5 Å². The molecule has 3 rings (SSSR count). The van der Waals surface area contributed by atoms with Crippen LogP contribution in [-0.4, -0.2) is 43.9 Å². The van der Waals surface area contributed by atoms with Crippen LogP contribution < -0.4 is 5.73 Å². The summed E-state index contributed by atoms with van der Waals surface area (Å²) < 4.78 is 4.08. The Balaban J connectivity index is 2.07. The molecule has 3 heterocycles. The topological polar surface area (TPSA) is 64.9 Å². The van der Waals surface area contributed by atoms with Crippen LogP contribution in [0.1, 0.15) is 31.5 Å². The molecule has 104 valence electrons. The van der Waals surface area contributed by atoms with Crippen molar-refractivity contribution in [2.24, 2.45) is 7.05 Å². The van der Waals surface area contributed by atoms with Crippen molar-refractivity contribution in [1.29, 1.82) is 0 Å². The monoisotopic (exact) mass is 262 g/mol. The summed E-state index contributed by atoms with van der Waals surface area (Å²) >= 11 is 0. The van der Waals surface area contributed by atoms with Crippen molar-refractivity contribution in [1.82, 2.24) is 24.2 Å². The summed E-state index contributed by atoms with van der Waals surface area (Å²) in [6.45, 7) is 5.35. The molecule has 2 atom stereocenters. The number of nitrogens with two attached hydrogens (primary N) is 1. The van der Waals surface area contributed by atoms with Crippen LogP contribution in [0, 0.1) is 6.92 Å². The average molecular weight is 262 g/mol. The molecule has 6 nitrogen and oxygen atoms in total. The lowest BCUT2D eigenvalue weighted by molar-refractivity contribution is 0.159. The fourth-order valence-corrected chi connectivity index (χ4v) is 3.17. The molecular weight excluding hydrogens is 240 g/mol. The summed E-state index contributed by atoms with van der Waals surface area (Å²) in [5.41, 5.74) is 9.08. The Morgan fingerprint density at radius 1 is 1.32 bits per heavy atom. The van der Waals surface area contributed by atoms with E-state index in [1.54, 1.807) is 0 Å². The Morgan fingerprint density at radius 2 is 2.05 bits per heavy atom. The van der Waals surface area contributed by atoms with Gasteiger partial charge >= 0.3 is 0 Å². The number of hydrogen-bond donors (Lipinski definition) is 1. The van der Waals surface area contributed by atoms with E-state index in [0.717, 1.165) is 36.2 Å². The molecule has 19 heavy (non-hydrogen) atoms. The van der Waals surface area contributed by atoms with Gasteiger partial charge in [-0.05, 0) is 33.7 Å². The summed E-state index contributed by atoms with van der Waals surface area (Å²) in [6.07, 6.45) is 2.22. The van der Waals surface area contributed by atoms with Crippen molar-refractivity contribution < 1.29 is 0 Å². The molecule has 2 aromatic heterocycles. The SMILES string of the molecule is Cc1nn(C)c2c1nc(N)n2C1CCN(C)C(C)C1. The van der Waals surface area contributed by atoms with Crippen molar-refractivity contribution in [3.05, 3.63) is 5.69 Å². The fraction of sp³-hybridized carbons (Fsp3) is 0.692. The molecule has 2 unspecified atom stereocenters. The molecule has 2 aromatic rings. The molecule has 0 spiro atoms. The quantitative estimate of drug-likeness (QED) is 0.841. The zero-order chi connectivity index (χ0) is 13.7. The Hall–Kier alpha value is -1.56. The summed E-state index contributed by atoms with van der Waals surface area (Å²) in [5, 5.41) is 4.45. The average Bonchev–Trinajstić information content (AvgIpc) is 2.82. The number of fused-ring (bicyclic) bond motifs is 1. The minimum Gasteiger partial charge on any atom is -0.369 e. The number of aryl methyl sites for hydroxylation is 2. The third kappa shape index (κ3) is 1.82. The molecule has 0 saturated carbocycles. The van der Waals surface area contributed by atoms with Gasteiger partial charge in [0, 0.05) is 25.7 Å². The van der Waals surface area contributed by atoms with Crippen molar-refractivity contribution in [2.75, 3.05) is 19.3 Å². The molecule has 0 aromatic carbocycles. The lowest BCUT2D eigenvalue weighted by atomic mass is 9.99. The molecule has 6 heteroatoms. The molecule has 1 saturated heterocycles. The van der Waals surface area contributed by atoms with Crippen LogP contribution in [0.5, 0.6) is 0 Å². The smallest absolute Gasteiger partial charge is 0.202 e. The molecule has 1 aliphatic heterocycles. The minimum atomic E-state index is 0.422. The first-order chi connectivity index (χ1) is 8.99. The number of nitrogens with zero attached hydrogens (tertiary/aromatic N) is 5. The number of piperidine rings is 1. The number of anilines is 1. The van der Waals surface area contributed by atoms with E-state index in [4.69, 9.17) is 5.73 Å². The zero-order valence-electron chi connectivity index (χ0n) is 12.1. The van der Waals surface area contributed by atoms with Crippen molar-refractivity contribution in [3.8, 4) is 0 Å². The number of imidazole rings is 1. The predicted molar refractivity (Wildman–Crippen MR) is 76.0 cm³/mol. The molecule has 0 amide bonds. The van der Waals surface area contributed by atoms with E-state index in [-0.39, 0.29) is 0 Å². The van der Waals surface area contributed by atoms with Gasteiger partial charge in [-0.2, -0.15) is 5.10 Å². The van der Waals surface area contributed by atoms with Gasteiger partial charge in [0.15, 0.2) is 5.65 Å². The summed E-state index contributed by atoms with van der Waals surface area (Å²) in [6, 6.07) is 0.996. The molecular formula is C13H22N6. The van der Waals surface area contributed by atoms with Gasteiger partial charge < -0.3 is 10.6 Å². The van der Waals surface area contributed by atoms with E-state index in [9.17, 15) is 0 Å². The Kier molecular flexibility index (Phi) is 2.78. The second-order valence-electron chi connectivity index (χ2n) is 5.73. The Bertz CT molecular complexity index is 610. The molecule has 1 fully saturated rings. The maximum Gasteiger partial charge on any atom is 0.202 e. The van der Waals surface area contributed by atoms with Crippen molar-refractivity contribution in [2.45, 2.75) is 38.8 Å². The largest absolute Gasteiger partial charge is 0.369 e. The number of aromatic nitrogens is 4. The summed E-state index contributed by atoms with van der Waals surface area (Å²) in [5.74, 6) is 0.618. The van der Waals surface area contributed by atoms with E-state index in [0.29, 0.717) is 18.0 Å². The van der Waals surface area contributed by atoms with Gasteiger partial charge in [-0.1, -0.05) is 0 Å². The number of likely N-dealkylation sites (tertiary alicyclic amines) is 1. The third-order valence-electron chi connectivity index (χ3n) is 4.41. The highest BCUT2D eigenvalue weighted by Crippen LogP contribution is 2.32. The van der Waals surface area contributed by atoms with Gasteiger partial charge in [0.2, 0.25) is 5.95 Å². The lowest BCUT2D eigenvalue weighted by Crippen LogP contribution is -2.38. The van der Waals surface area contributed by atoms with Crippen molar-refractivity contribution >= 4 is 17.1 Å². The van der Waals surface area contributed by atoms with Gasteiger partial charge in [-0.25, -0.2) is 4.98 Å². The van der Waals surface area contributed by atoms with E-state index >= 15 is 0 Å². The van der Waals surface area contributed by atoms with E-state index in [1.807, 2.05) is 18.7 Å².